The first kappa shape index (κ1) is 13.2. The standard InChI is InChI=1S/C11H11Cl2N3O2S/c12-3-4-15-5-6-16-10-2-1-8(13)7-9(10)14-11(16)19(15,17)18/h1-2,7H,3-6H2. The lowest BCUT2D eigenvalue weighted by atomic mass is 10.3. The molecule has 19 heavy (non-hydrogen) atoms. The zero-order valence-electron chi connectivity index (χ0n) is 9.88. The van der Waals surface area contributed by atoms with Gasteiger partial charge in [-0.25, -0.2) is 13.4 Å². The van der Waals surface area contributed by atoms with Gasteiger partial charge in [-0.1, -0.05) is 11.6 Å². The van der Waals surface area contributed by atoms with Crippen LogP contribution in [-0.2, 0) is 16.6 Å². The predicted molar refractivity (Wildman–Crippen MR) is 74.2 cm³/mol. The maximum Gasteiger partial charge on any atom is 0.277 e. The van der Waals surface area contributed by atoms with Crippen molar-refractivity contribution < 1.29 is 8.42 Å². The van der Waals surface area contributed by atoms with Crippen LogP contribution in [0.1, 0.15) is 0 Å². The highest BCUT2D eigenvalue weighted by molar-refractivity contribution is 7.89. The van der Waals surface area contributed by atoms with E-state index in [2.05, 4.69) is 4.98 Å². The van der Waals surface area contributed by atoms with Gasteiger partial charge >= 0.3 is 0 Å². The van der Waals surface area contributed by atoms with Crippen molar-refractivity contribution in [2.24, 2.45) is 0 Å². The summed E-state index contributed by atoms with van der Waals surface area (Å²) < 4.78 is 27.9. The fourth-order valence-electron chi connectivity index (χ4n) is 2.27. The number of sulfonamides is 1. The van der Waals surface area contributed by atoms with Gasteiger partial charge in [-0.15, -0.1) is 11.6 Å². The lowest BCUT2D eigenvalue weighted by molar-refractivity contribution is 0.370. The van der Waals surface area contributed by atoms with Gasteiger partial charge in [0, 0.05) is 30.5 Å². The Bertz CT molecular complexity index is 742. The summed E-state index contributed by atoms with van der Waals surface area (Å²) in [5, 5.41) is 0.610. The van der Waals surface area contributed by atoms with Crippen molar-refractivity contribution in [1.82, 2.24) is 13.9 Å². The third-order valence-electron chi connectivity index (χ3n) is 3.15. The third kappa shape index (κ3) is 2.03. The molecule has 0 saturated carbocycles. The van der Waals surface area contributed by atoms with E-state index in [-0.39, 0.29) is 11.0 Å². The van der Waals surface area contributed by atoms with Gasteiger partial charge in [-0.3, -0.25) is 0 Å². The van der Waals surface area contributed by atoms with Crippen LogP contribution in [0.5, 0.6) is 0 Å². The molecule has 0 unspecified atom stereocenters. The first-order valence-electron chi connectivity index (χ1n) is 5.76. The molecule has 8 heteroatoms. The molecule has 0 N–H and O–H groups in total. The first-order chi connectivity index (χ1) is 9.04. The van der Waals surface area contributed by atoms with Crippen LogP contribution >= 0.6 is 23.2 Å². The van der Waals surface area contributed by atoms with E-state index < -0.39 is 10.0 Å². The van der Waals surface area contributed by atoms with Gasteiger partial charge < -0.3 is 4.57 Å². The molecule has 0 saturated heterocycles. The number of hydrogen-bond acceptors (Lipinski definition) is 3. The molecule has 5 nitrogen and oxygen atoms in total. The second-order valence-electron chi connectivity index (χ2n) is 4.27. The van der Waals surface area contributed by atoms with E-state index in [1.54, 1.807) is 22.8 Å². The fourth-order valence-corrected chi connectivity index (χ4v) is 4.30. The molecule has 0 aliphatic carbocycles. The quantitative estimate of drug-likeness (QED) is 0.795. The van der Waals surface area contributed by atoms with E-state index in [1.807, 2.05) is 0 Å². The zero-order chi connectivity index (χ0) is 13.6. The van der Waals surface area contributed by atoms with Crippen molar-refractivity contribution in [3.8, 4) is 0 Å². The molecule has 3 rings (SSSR count). The van der Waals surface area contributed by atoms with Gasteiger partial charge in [0.15, 0.2) is 0 Å². The molecule has 0 radical (unpaired) electrons. The summed E-state index contributed by atoms with van der Waals surface area (Å²) in [5.74, 6) is 0.269. The highest BCUT2D eigenvalue weighted by Gasteiger charge is 2.34. The Morgan fingerprint density at radius 3 is 2.84 bits per heavy atom. The summed E-state index contributed by atoms with van der Waals surface area (Å²) >= 11 is 11.5. The van der Waals surface area contributed by atoms with E-state index in [0.29, 0.717) is 30.2 Å². The Balaban J connectivity index is 2.21. The Kier molecular flexibility index (Phi) is 3.21. The maximum atomic E-state index is 12.4. The number of rotatable bonds is 2. The molecule has 2 heterocycles. The maximum absolute atomic E-state index is 12.4. The second kappa shape index (κ2) is 4.63. The van der Waals surface area contributed by atoms with Crippen LogP contribution in [-0.4, -0.2) is 41.2 Å². The largest absolute Gasteiger partial charge is 0.312 e. The summed E-state index contributed by atoms with van der Waals surface area (Å²) in [6.07, 6.45) is 0. The number of aromatic nitrogens is 2. The van der Waals surface area contributed by atoms with Gasteiger partial charge in [0.25, 0.3) is 10.0 Å². The van der Waals surface area contributed by atoms with Crippen LogP contribution < -0.4 is 0 Å². The van der Waals surface area contributed by atoms with Crippen molar-refractivity contribution in [2.45, 2.75) is 11.7 Å². The molecule has 0 bridgehead atoms. The minimum Gasteiger partial charge on any atom is -0.312 e. The first-order valence-corrected chi connectivity index (χ1v) is 8.11. The molecule has 1 aromatic carbocycles. The van der Waals surface area contributed by atoms with E-state index in [4.69, 9.17) is 23.2 Å². The highest BCUT2D eigenvalue weighted by Crippen LogP contribution is 2.27. The van der Waals surface area contributed by atoms with Crippen LogP contribution in [0.2, 0.25) is 5.02 Å². The molecule has 0 fully saturated rings. The zero-order valence-corrected chi connectivity index (χ0v) is 12.2. The molecular formula is C11H11Cl2N3O2S. The van der Waals surface area contributed by atoms with Crippen LogP contribution in [0.3, 0.4) is 0 Å². The predicted octanol–water partition coefficient (Wildman–Crippen LogP) is 1.93. The summed E-state index contributed by atoms with van der Waals surface area (Å²) in [4.78, 5) is 4.21. The van der Waals surface area contributed by atoms with Gasteiger partial charge in [-0.05, 0) is 18.2 Å². The molecule has 1 aliphatic heterocycles. The molecule has 0 spiro atoms. The lowest BCUT2D eigenvalue weighted by Gasteiger charge is -2.26. The second-order valence-corrected chi connectivity index (χ2v) is 6.92. The monoisotopic (exact) mass is 319 g/mol. The van der Waals surface area contributed by atoms with Gasteiger partial charge in [0.1, 0.15) is 0 Å². The minimum atomic E-state index is -3.56. The van der Waals surface area contributed by atoms with Gasteiger partial charge in [0.2, 0.25) is 5.16 Å². The average Bonchev–Trinajstić information content (AvgIpc) is 2.72. The number of hydrogen-bond donors (Lipinski definition) is 0. The highest BCUT2D eigenvalue weighted by atomic mass is 35.5. The fraction of sp³-hybridized carbons (Fsp3) is 0.364. The molecule has 1 aliphatic rings. The molecule has 102 valence electrons. The van der Waals surface area contributed by atoms with Crippen LogP contribution in [0.25, 0.3) is 11.0 Å². The van der Waals surface area contributed by atoms with E-state index in [9.17, 15) is 8.42 Å². The minimum absolute atomic E-state index is 0.0705. The van der Waals surface area contributed by atoms with Crippen molar-refractivity contribution in [2.75, 3.05) is 19.0 Å². The lowest BCUT2D eigenvalue weighted by Crippen LogP contribution is -2.41. The number of imidazole rings is 1. The van der Waals surface area contributed by atoms with Crippen LogP contribution in [0.15, 0.2) is 23.4 Å². The van der Waals surface area contributed by atoms with E-state index in [1.165, 1.54) is 4.31 Å². The Hall–Kier alpha value is -0.820. The van der Waals surface area contributed by atoms with E-state index in [0.717, 1.165) is 5.52 Å². The third-order valence-corrected chi connectivity index (χ3v) is 5.38. The number of halogens is 2. The number of fused-ring (bicyclic) bond motifs is 3. The molecule has 0 amide bonds. The summed E-state index contributed by atoms with van der Waals surface area (Å²) in [5.41, 5.74) is 1.38. The normalized spacial score (nSPS) is 18.6. The average molecular weight is 320 g/mol. The molecule has 2 aromatic rings. The van der Waals surface area contributed by atoms with Crippen molar-refractivity contribution in [1.29, 1.82) is 0 Å². The summed E-state index contributed by atoms with van der Waals surface area (Å²) in [6.45, 7) is 1.29. The number of benzene rings is 1. The topological polar surface area (TPSA) is 55.2 Å². The van der Waals surface area contributed by atoms with Crippen LogP contribution in [0.4, 0.5) is 0 Å². The Morgan fingerprint density at radius 1 is 1.32 bits per heavy atom. The van der Waals surface area contributed by atoms with Crippen molar-refractivity contribution in [3.63, 3.8) is 0 Å². The molecule has 1 aromatic heterocycles. The van der Waals surface area contributed by atoms with Crippen molar-refractivity contribution >= 4 is 44.3 Å². The number of alkyl halides is 1. The molecular weight excluding hydrogens is 309 g/mol. The summed E-state index contributed by atoms with van der Waals surface area (Å²) in [7, 11) is -3.56. The summed E-state index contributed by atoms with van der Waals surface area (Å²) in [6, 6.07) is 5.20. The van der Waals surface area contributed by atoms with Crippen LogP contribution in [0, 0.1) is 0 Å². The van der Waals surface area contributed by atoms with Gasteiger partial charge in [-0.2, -0.15) is 4.31 Å². The van der Waals surface area contributed by atoms with Crippen molar-refractivity contribution in [3.05, 3.63) is 23.2 Å². The SMILES string of the molecule is O=S1(=O)c2nc3cc(Cl)ccc3n2CCN1CCCl. The van der Waals surface area contributed by atoms with E-state index >= 15 is 0 Å². The number of nitrogens with zero attached hydrogens (tertiary/aromatic N) is 3. The Morgan fingerprint density at radius 2 is 2.11 bits per heavy atom. The van der Waals surface area contributed by atoms with Gasteiger partial charge in [0.05, 0.1) is 11.0 Å². The smallest absolute Gasteiger partial charge is 0.277 e. The molecule has 0 atom stereocenters. The Labute approximate surface area is 120 Å².